The Morgan fingerprint density at radius 1 is 1.07 bits per heavy atom. The van der Waals surface area contributed by atoms with Crippen molar-refractivity contribution in [1.29, 1.82) is 0 Å². The van der Waals surface area contributed by atoms with Gasteiger partial charge in [-0.05, 0) is 29.7 Å². The van der Waals surface area contributed by atoms with Gasteiger partial charge in [0.15, 0.2) is 0 Å². The fraction of sp³-hybridized carbons (Fsp3) is 0.261. The van der Waals surface area contributed by atoms with Crippen LogP contribution in [-0.4, -0.2) is 32.1 Å². The second kappa shape index (κ2) is 9.73. The molecule has 0 saturated heterocycles. The van der Waals surface area contributed by atoms with Crippen LogP contribution in [0.4, 0.5) is 0 Å². The average molecular weight is 409 g/mol. The molecule has 1 atom stereocenters. The van der Waals surface area contributed by atoms with Crippen molar-refractivity contribution >= 4 is 22.8 Å². The molecule has 3 rings (SSSR count). The minimum absolute atomic E-state index is 0.0954. The number of rotatable bonds is 8. The molecule has 1 aromatic heterocycles. The highest BCUT2D eigenvalue weighted by Crippen LogP contribution is 2.23. The molecule has 0 bridgehead atoms. The van der Waals surface area contributed by atoms with Crippen molar-refractivity contribution in [1.82, 2.24) is 5.32 Å². The first-order valence-electron chi connectivity index (χ1n) is 9.52. The molecule has 0 radical (unpaired) electrons. The van der Waals surface area contributed by atoms with Gasteiger partial charge >= 0.3 is 11.6 Å². The number of amides is 1. The van der Waals surface area contributed by atoms with Gasteiger partial charge < -0.3 is 19.2 Å². The van der Waals surface area contributed by atoms with Crippen LogP contribution in [0.3, 0.4) is 0 Å². The monoisotopic (exact) mass is 409 g/mol. The molecule has 1 amide bonds. The van der Waals surface area contributed by atoms with Crippen molar-refractivity contribution in [2.24, 2.45) is 0 Å². The second-order valence-corrected chi connectivity index (χ2v) is 6.79. The lowest BCUT2D eigenvalue weighted by atomic mass is 10.0. The number of carbonyl (C=O) groups excluding carboxylic acids is 2. The van der Waals surface area contributed by atoms with Gasteiger partial charge in [0.2, 0.25) is 5.91 Å². The summed E-state index contributed by atoms with van der Waals surface area (Å²) in [6.45, 7) is 0. The maximum atomic E-state index is 12.4. The Kier molecular flexibility index (Phi) is 6.85. The van der Waals surface area contributed by atoms with Crippen LogP contribution in [-0.2, 0) is 27.2 Å². The number of aryl methyl sites for hydroxylation is 1. The van der Waals surface area contributed by atoms with Gasteiger partial charge in [0, 0.05) is 30.4 Å². The van der Waals surface area contributed by atoms with Crippen molar-refractivity contribution in [3.63, 3.8) is 0 Å². The zero-order chi connectivity index (χ0) is 21.5. The second-order valence-electron chi connectivity index (χ2n) is 6.79. The molecule has 0 aliphatic rings. The van der Waals surface area contributed by atoms with Gasteiger partial charge in [0.25, 0.3) is 0 Å². The summed E-state index contributed by atoms with van der Waals surface area (Å²) in [6.07, 6.45) is 0.878. The molecule has 0 saturated carbocycles. The van der Waals surface area contributed by atoms with Crippen molar-refractivity contribution in [2.45, 2.75) is 25.3 Å². The van der Waals surface area contributed by atoms with Gasteiger partial charge in [-0.15, -0.1) is 0 Å². The number of ether oxygens (including phenoxy) is 2. The van der Waals surface area contributed by atoms with E-state index < -0.39 is 17.6 Å². The number of fused-ring (bicyclic) bond motifs is 1. The highest BCUT2D eigenvalue weighted by molar-refractivity contribution is 5.86. The molecule has 1 N–H and O–H groups in total. The SMILES string of the molecule is COC(=O)[C@H](Cc1cc(=O)oc2cc(OC)ccc12)NC(=O)CCc1ccccc1. The fourth-order valence-corrected chi connectivity index (χ4v) is 3.23. The van der Waals surface area contributed by atoms with Crippen LogP contribution in [0.15, 0.2) is 63.8 Å². The van der Waals surface area contributed by atoms with Crippen molar-refractivity contribution in [3.8, 4) is 5.75 Å². The van der Waals surface area contributed by atoms with E-state index in [1.165, 1.54) is 20.3 Å². The molecule has 0 aliphatic heterocycles. The number of nitrogens with one attached hydrogen (secondary N) is 1. The molecule has 0 spiro atoms. The minimum Gasteiger partial charge on any atom is -0.497 e. The average Bonchev–Trinajstić information content (AvgIpc) is 2.76. The third-order valence-corrected chi connectivity index (χ3v) is 4.77. The van der Waals surface area contributed by atoms with E-state index in [1.54, 1.807) is 18.2 Å². The summed E-state index contributed by atoms with van der Waals surface area (Å²) in [4.78, 5) is 36.7. The van der Waals surface area contributed by atoms with E-state index in [0.29, 0.717) is 28.7 Å². The van der Waals surface area contributed by atoms with Crippen LogP contribution in [0.25, 0.3) is 11.0 Å². The highest BCUT2D eigenvalue weighted by atomic mass is 16.5. The molecular formula is C23H23NO6. The highest BCUT2D eigenvalue weighted by Gasteiger charge is 2.23. The fourth-order valence-electron chi connectivity index (χ4n) is 3.23. The molecule has 30 heavy (non-hydrogen) atoms. The Bertz CT molecular complexity index is 1090. The van der Waals surface area contributed by atoms with Crippen molar-refractivity contribution < 1.29 is 23.5 Å². The molecule has 0 unspecified atom stereocenters. The Labute approximate surface area is 173 Å². The van der Waals surface area contributed by atoms with Gasteiger partial charge in [-0.25, -0.2) is 9.59 Å². The van der Waals surface area contributed by atoms with Gasteiger partial charge in [0.1, 0.15) is 17.4 Å². The largest absolute Gasteiger partial charge is 0.497 e. The summed E-state index contributed by atoms with van der Waals surface area (Å²) in [5, 5.41) is 3.38. The molecule has 1 heterocycles. The Morgan fingerprint density at radius 3 is 2.53 bits per heavy atom. The van der Waals surface area contributed by atoms with E-state index in [9.17, 15) is 14.4 Å². The topological polar surface area (TPSA) is 94.8 Å². The lowest BCUT2D eigenvalue weighted by Crippen LogP contribution is -2.43. The van der Waals surface area contributed by atoms with E-state index in [0.717, 1.165) is 5.56 Å². The Morgan fingerprint density at radius 2 is 1.83 bits per heavy atom. The van der Waals surface area contributed by atoms with Gasteiger partial charge in [-0.2, -0.15) is 0 Å². The van der Waals surface area contributed by atoms with Crippen molar-refractivity contribution in [3.05, 3.63) is 76.1 Å². The van der Waals surface area contributed by atoms with Crippen LogP contribution in [0.2, 0.25) is 0 Å². The number of hydrogen-bond acceptors (Lipinski definition) is 6. The lowest BCUT2D eigenvalue weighted by Gasteiger charge is -2.17. The molecule has 7 nitrogen and oxygen atoms in total. The summed E-state index contributed by atoms with van der Waals surface area (Å²) in [7, 11) is 2.77. The first-order valence-corrected chi connectivity index (χ1v) is 9.52. The van der Waals surface area contributed by atoms with Gasteiger partial charge in [-0.1, -0.05) is 30.3 Å². The molecular weight excluding hydrogens is 386 g/mol. The summed E-state index contributed by atoms with van der Waals surface area (Å²) in [5.41, 5.74) is 1.39. The molecule has 0 fully saturated rings. The first-order chi connectivity index (χ1) is 14.5. The van der Waals surface area contributed by atoms with Gasteiger partial charge in [-0.3, -0.25) is 4.79 Å². The minimum atomic E-state index is -0.926. The number of carbonyl (C=O) groups is 2. The zero-order valence-corrected chi connectivity index (χ0v) is 16.8. The van der Waals surface area contributed by atoms with Crippen LogP contribution in [0.1, 0.15) is 17.5 Å². The molecule has 0 aliphatic carbocycles. The lowest BCUT2D eigenvalue weighted by molar-refractivity contribution is -0.145. The standard InChI is InChI=1S/C23H23NO6/c1-28-17-9-10-18-16(13-22(26)30-20(18)14-17)12-19(23(27)29-2)24-21(25)11-8-15-6-4-3-5-7-15/h3-7,9-10,13-14,19H,8,11-12H2,1-2H3,(H,24,25)/t19-/m0/s1. The van der Waals surface area contributed by atoms with Crippen LogP contribution in [0, 0.1) is 0 Å². The van der Waals surface area contributed by atoms with Crippen LogP contribution < -0.4 is 15.7 Å². The maximum absolute atomic E-state index is 12.4. The predicted molar refractivity (Wildman–Crippen MR) is 111 cm³/mol. The Balaban J connectivity index is 1.79. The number of hydrogen-bond donors (Lipinski definition) is 1. The molecule has 7 heteroatoms. The smallest absolute Gasteiger partial charge is 0.336 e. The van der Waals surface area contributed by atoms with E-state index in [4.69, 9.17) is 13.9 Å². The van der Waals surface area contributed by atoms with E-state index in [2.05, 4.69) is 5.32 Å². The molecule has 2 aromatic carbocycles. The molecule has 3 aromatic rings. The molecule has 156 valence electrons. The maximum Gasteiger partial charge on any atom is 0.336 e. The third kappa shape index (κ3) is 5.26. The van der Waals surface area contributed by atoms with E-state index >= 15 is 0 Å². The Hall–Kier alpha value is -3.61. The quantitative estimate of drug-likeness (QED) is 0.454. The van der Waals surface area contributed by atoms with Crippen LogP contribution in [0.5, 0.6) is 5.75 Å². The number of methoxy groups -OCH3 is 2. The number of esters is 1. The predicted octanol–water partition coefficient (Wildman–Crippen LogP) is 2.63. The number of benzene rings is 2. The first kappa shape index (κ1) is 21.1. The summed E-state index contributed by atoms with van der Waals surface area (Å²) < 4.78 is 15.3. The zero-order valence-electron chi connectivity index (χ0n) is 16.8. The van der Waals surface area contributed by atoms with Crippen LogP contribution >= 0.6 is 0 Å². The summed E-state index contributed by atoms with van der Waals surface area (Å²) in [5.74, 6) is -0.317. The van der Waals surface area contributed by atoms with E-state index in [1.807, 2.05) is 30.3 Å². The normalized spacial score (nSPS) is 11.7. The summed E-state index contributed by atoms with van der Waals surface area (Å²) in [6, 6.07) is 15.1. The van der Waals surface area contributed by atoms with E-state index in [-0.39, 0.29) is 18.7 Å². The van der Waals surface area contributed by atoms with Crippen molar-refractivity contribution in [2.75, 3.05) is 14.2 Å². The third-order valence-electron chi connectivity index (χ3n) is 4.77. The van der Waals surface area contributed by atoms with Gasteiger partial charge in [0.05, 0.1) is 14.2 Å². The summed E-state index contributed by atoms with van der Waals surface area (Å²) >= 11 is 0.